The van der Waals surface area contributed by atoms with Crippen LogP contribution in [0.3, 0.4) is 0 Å². The van der Waals surface area contributed by atoms with Crippen LogP contribution in [0.5, 0.6) is 5.75 Å². The number of aryl methyl sites for hydroxylation is 1. The van der Waals surface area contributed by atoms with Crippen LogP contribution in [0.2, 0.25) is 0 Å². The summed E-state index contributed by atoms with van der Waals surface area (Å²) in [6.07, 6.45) is 1.27. The summed E-state index contributed by atoms with van der Waals surface area (Å²) in [6, 6.07) is 15.6. The van der Waals surface area contributed by atoms with Crippen LogP contribution in [0, 0.1) is 0 Å². The van der Waals surface area contributed by atoms with Gasteiger partial charge < -0.3 is 9.64 Å². The lowest BCUT2D eigenvalue weighted by Crippen LogP contribution is -2.09. The zero-order valence-corrected chi connectivity index (χ0v) is 12.8. The molecule has 110 valence electrons. The van der Waals surface area contributed by atoms with Crippen molar-refractivity contribution in [3.05, 3.63) is 59.7 Å². The van der Waals surface area contributed by atoms with E-state index in [1.165, 1.54) is 0 Å². The number of carbonyl (C=O) groups excluding carboxylic acids is 1. The van der Waals surface area contributed by atoms with E-state index in [9.17, 15) is 4.79 Å². The van der Waals surface area contributed by atoms with Gasteiger partial charge in [0.1, 0.15) is 5.75 Å². The average molecular weight is 283 g/mol. The number of anilines is 1. The Bertz CT molecular complexity index is 586. The Morgan fingerprint density at radius 3 is 2.14 bits per heavy atom. The highest BCUT2D eigenvalue weighted by Gasteiger charge is 2.07. The summed E-state index contributed by atoms with van der Waals surface area (Å²) in [5, 5.41) is 0. The van der Waals surface area contributed by atoms with Crippen molar-refractivity contribution in [3.63, 3.8) is 0 Å². The molecule has 2 rings (SSSR count). The minimum atomic E-state index is 0.177. The van der Waals surface area contributed by atoms with Gasteiger partial charge in [-0.2, -0.15) is 0 Å². The SMILES string of the molecule is COc1ccc(CCC(=O)c2ccc(N(C)C)cc2)cc1. The van der Waals surface area contributed by atoms with Gasteiger partial charge >= 0.3 is 0 Å². The molecule has 0 aliphatic carbocycles. The molecule has 0 aliphatic heterocycles. The molecule has 0 heterocycles. The number of benzene rings is 2. The molecule has 2 aromatic carbocycles. The number of Topliss-reactive ketones (excluding diaryl/α,β-unsaturated/α-hetero) is 1. The van der Waals surface area contributed by atoms with Gasteiger partial charge in [0.15, 0.2) is 5.78 Å². The van der Waals surface area contributed by atoms with Gasteiger partial charge in [-0.25, -0.2) is 0 Å². The number of ether oxygens (including phenoxy) is 1. The third-order valence-corrected chi connectivity index (χ3v) is 3.51. The minimum Gasteiger partial charge on any atom is -0.497 e. The van der Waals surface area contributed by atoms with Crippen LogP contribution in [0.25, 0.3) is 0 Å². The summed E-state index contributed by atoms with van der Waals surface area (Å²) in [5.41, 5.74) is 3.02. The smallest absolute Gasteiger partial charge is 0.163 e. The van der Waals surface area contributed by atoms with Crippen molar-refractivity contribution in [1.82, 2.24) is 0 Å². The number of nitrogens with zero attached hydrogens (tertiary/aromatic N) is 1. The summed E-state index contributed by atoms with van der Waals surface area (Å²) in [5.74, 6) is 1.01. The molecule has 3 heteroatoms. The van der Waals surface area contributed by atoms with Crippen molar-refractivity contribution in [2.45, 2.75) is 12.8 Å². The van der Waals surface area contributed by atoms with E-state index in [1.807, 2.05) is 67.5 Å². The van der Waals surface area contributed by atoms with E-state index in [1.54, 1.807) is 7.11 Å². The molecule has 3 nitrogen and oxygen atoms in total. The second-order valence-electron chi connectivity index (χ2n) is 5.21. The first-order valence-corrected chi connectivity index (χ1v) is 7.03. The van der Waals surface area contributed by atoms with Gasteiger partial charge in [0.25, 0.3) is 0 Å². The second kappa shape index (κ2) is 6.93. The molecule has 0 aliphatic rings. The molecule has 0 aromatic heterocycles. The number of hydrogen-bond donors (Lipinski definition) is 0. The van der Waals surface area contributed by atoms with Crippen molar-refractivity contribution in [2.75, 3.05) is 26.1 Å². The van der Waals surface area contributed by atoms with Crippen LogP contribution in [-0.4, -0.2) is 27.0 Å². The lowest BCUT2D eigenvalue weighted by molar-refractivity contribution is 0.0983. The largest absolute Gasteiger partial charge is 0.497 e. The van der Waals surface area contributed by atoms with E-state index < -0.39 is 0 Å². The molecule has 0 saturated carbocycles. The van der Waals surface area contributed by atoms with Crippen molar-refractivity contribution in [1.29, 1.82) is 0 Å². The molecular formula is C18H21NO2. The number of methoxy groups -OCH3 is 1. The van der Waals surface area contributed by atoms with Gasteiger partial charge in [-0.15, -0.1) is 0 Å². The predicted molar refractivity (Wildman–Crippen MR) is 86.4 cm³/mol. The average Bonchev–Trinajstić information content (AvgIpc) is 2.53. The third kappa shape index (κ3) is 4.09. The van der Waals surface area contributed by atoms with Crippen LogP contribution < -0.4 is 9.64 Å². The predicted octanol–water partition coefficient (Wildman–Crippen LogP) is 3.58. The van der Waals surface area contributed by atoms with Gasteiger partial charge in [-0.1, -0.05) is 12.1 Å². The number of rotatable bonds is 6. The monoisotopic (exact) mass is 283 g/mol. The number of carbonyl (C=O) groups is 1. The summed E-state index contributed by atoms with van der Waals surface area (Å²) in [7, 11) is 5.62. The molecule has 0 bridgehead atoms. The van der Waals surface area contributed by atoms with E-state index >= 15 is 0 Å². The third-order valence-electron chi connectivity index (χ3n) is 3.51. The highest BCUT2D eigenvalue weighted by Crippen LogP contribution is 2.16. The van der Waals surface area contributed by atoms with Crippen molar-refractivity contribution >= 4 is 11.5 Å². The fourth-order valence-corrected chi connectivity index (χ4v) is 2.14. The first kappa shape index (κ1) is 15.1. The van der Waals surface area contributed by atoms with Crippen LogP contribution in [-0.2, 0) is 6.42 Å². The second-order valence-corrected chi connectivity index (χ2v) is 5.21. The lowest BCUT2D eigenvalue weighted by Gasteiger charge is -2.12. The number of ketones is 1. The number of hydrogen-bond acceptors (Lipinski definition) is 3. The zero-order valence-electron chi connectivity index (χ0n) is 12.8. The Labute approximate surface area is 126 Å². The van der Waals surface area contributed by atoms with E-state index in [0.29, 0.717) is 6.42 Å². The first-order valence-electron chi connectivity index (χ1n) is 7.03. The van der Waals surface area contributed by atoms with E-state index in [0.717, 1.165) is 29.0 Å². The van der Waals surface area contributed by atoms with Crippen molar-refractivity contribution in [2.24, 2.45) is 0 Å². The minimum absolute atomic E-state index is 0.177. The van der Waals surface area contributed by atoms with Crippen LogP contribution in [0.4, 0.5) is 5.69 Å². The van der Waals surface area contributed by atoms with E-state index in [2.05, 4.69) is 0 Å². The van der Waals surface area contributed by atoms with Gasteiger partial charge in [-0.05, 0) is 48.4 Å². The van der Waals surface area contributed by atoms with Crippen molar-refractivity contribution < 1.29 is 9.53 Å². The Morgan fingerprint density at radius 1 is 1.00 bits per heavy atom. The Morgan fingerprint density at radius 2 is 1.62 bits per heavy atom. The Kier molecular flexibility index (Phi) is 4.99. The molecule has 21 heavy (non-hydrogen) atoms. The van der Waals surface area contributed by atoms with Crippen molar-refractivity contribution in [3.8, 4) is 5.75 Å². The standard InChI is InChI=1S/C18H21NO2/c1-19(2)16-9-7-15(8-10-16)18(20)13-6-14-4-11-17(21-3)12-5-14/h4-5,7-12H,6,13H2,1-3H3. The maximum atomic E-state index is 12.2. The summed E-state index contributed by atoms with van der Waals surface area (Å²) in [6.45, 7) is 0. The fourth-order valence-electron chi connectivity index (χ4n) is 2.14. The summed E-state index contributed by atoms with van der Waals surface area (Å²) in [4.78, 5) is 14.2. The van der Waals surface area contributed by atoms with Crippen LogP contribution in [0.15, 0.2) is 48.5 Å². The lowest BCUT2D eigenvalue weighted by atomic mass is 10.0. The maximum Gasteiger partial charge on any atom is 0.163 e. The molecule has 0 spiro atoms. The van der Waals surface area contributed by atoms with E-state index in [-0.39, 0.29) is 5.78 Å². The molecule has 0 N–H and O–H groups in total. The quantitative estimate of drug-likeness (QED) is 0.759. The van der Waals surface area contributed by atoms with Gasteiger partial charge in [0.2, 0.25) is 0 Å². The summed E-state index contributed by atoms with van der Waals surface area (Å²) >= 11 is 0. The molecule has 2 aromatic rings. The maximum absolute atomic E-state index is 12.2. The summed E-state index contributed by atoms with van der Waals surface area (Å²) < 4.78 is 5.12. The Hall–Kier alpha value is -2.29. The molecule has 0 atom stereocenters. The molecule has 0 radical (unpaired) electrons. The Balaban J connectivity index is 1.94. The zero-order chi connectivity index (χ0) is 15.2. The molecule has 0 saturated heterocycles. The highest BCUT2D eigenvalue weighted by molar-refractivity contribution is 5.96. The van der Waals surface area contributed by atoms with Crippen LogP contribution in [0.1, 0.15) is 22.3 Å². The van der Waals surface area contributed by atoms with Gasteiger partial charge in [-0.3, -0.25) is 4.79 Å². The molecular weight excluding hydrogens is 262 g/mol. The first-order chi connectivity index (χ1) is 10.1. The molecule has 0 amide bonds. The highest BCUT2D eigenvalue weighted by atomic mass is 16.5. The molecule has 0 unspecified atom stereocenters. The normalized spacial score (nSPS) is 10.2. The van der Waals surface area contributed by atoms with E-state index in [4.69, 9.17) is 4.74 Å². The fraction of sp³-hybridized carbons (Fsp3) is 0.278. The van der Waals surface area contributed by atoms with Gasteiger partial charge in [0, 0.05) is 31.8 Å². The topological polar surface area (TPSA) is 29.5 Å². The van der Waals surface area contributed by atoms with Gasteiger partial charge in [0.05, 0.1) is 7.11 Å². The molecule has 0 fully saturated rings. The van der Waals surface area contributed by atoms with Crippen LogP contribution >= 0.6 is 0 Å².